The predicted octanol–water partition coefficient (Wildman–Crippen LogP) is 2.44. The van der Waals surface area contributed by atoms with E-state index in [-0.39, 0.29) is 37.4 Å². The number of carboxylic acids is 2. The minimum atomic E-state index is -1.37. The summed E-state index contributed by atoms with van der Waals surface area (Å²) in [6.07, 6.45) is 1.94. The number of benzene rings is 1. The van der Waals surface area contributed by atoms with E-state index in [1.807, 2.05) is 12.5 Å². The first kappa shape index (κ1) is 28.4. The zero-order chi connectivity index (χ0) is 25.0. The maximum atomic E-state index is 12.6. The summed E-state index contributed by atoms with van der Waals surface area (Å²) in [4.78, 5) is 59.3. The quantitative estimate of drug-likeness (QED) is 0.275. The number of alkyl carbamates (subject to hydrolysis) is 1. The summed E-state index contributed by atoms with van der Waals surface area (Å²) in [6.45, 7) is -0.0638. The number of hydrogen-bond donors (Lipinski definition) is 4. The minimum absolute atomic E-state index is 0.0500. The van der Waals surface area contributed by atoms with Gasteiger partial charge in [0.05, 0.1) is 0 Å². The van der Waals surface area contributed by atoms with Crippen molar-refractivity contribution >= 4 is 53.0 Å². The normalized spacial score (nSPS) is 13.3. The van der Waals surface area contributed by atoms with Crippen LogP contribution in [0, 0.1) is 0 Å². The number of carbonyl (C=O) groups is 5. The molecule has 0 saturated carbocycles. The smallest absolute Gasteiger partial charge is 0.408 e. The standard InChI is InChI=1S/C21H29BrN2O8S/c1-33(2,22)13-15(25)8-9-17(20(29)30)23-19(28)16(10-11-18(26)27)24-21(31)32-12-14-6-4-3-5-7-14/h3-7,16-17H,8-13H2,1-2H3,(H,23,28)(H,24,31)(H,26,27)(H,29,30). The molecule has 2 unspecified atom stereocenters. The van der Waals surface area contributed by atoms with Crippen LogP contribution in [-0.2, 0) is 30.5 Å². The second-order valence-electron chi connectivity index (χ2n) is 7.72. The number of Topliss-reactive ketones (excluding diaryl/α,β-unsaturated/α-hetero) is 1. The number of ether oxygens (including phenoxy) is 1. The van der Waals surface area contributed by atoms with E-state index in [0.29, 0.717) is 5.56 Å². The molecule has 4 N–H and O–H groups in total. The maximum Gasteiger partial charge on any atom is 0.408 e. The van der Waals surface area contributed by atoms with Crippen molar-refractivity contribution in [2.24, 2.45) is 0 Å². The molecule has 0 aliphatic heterocycles. The highest BCUT2D eigenvalue weighted by Gasteiger charge is 2.28. The molecular weight excluding hydrogens is 520 g/mol. The zero-order valence-electron chi connectivity index (χ0n) is 18.4. The topological polar surface area (TPSA) is 159 Å². The lowest BCUT2D eigenvalue weighted by Crippen LogP contribution is -2.52. The molecule has 184 valence electrons. The number of halogens is 1. The van der Waals surface area contributed by atoms with E-state index in [4.69, 9.17) is 9.84 Å². The summed E-state index contributed by atoms with van der Waals surface area (Å²) in [5.74, 6) is -3.28. The summed E-state index contributed by atoms with van der Waals surface area (Å²) in [5.41, 5.74) is 0.711. The first-order chi connectivity index (χ1) is 15.4. The van der Waals surface area contributed by atoms with Crippen molar-refractivity contribution in [1.29, 1.82) is 0 Å². The average molecular weight is 549 g/mol. The van der Waals surface area contributed by atoms with Crippen LogP contribution in [0.5, 0.6) is 0 Å². The molecule has 0 aromatic heterocycles. The summed E-state index contributed by atoms with van der Waals surface area (Å²) >= 11 is 3.43. The molecule has 0 heterocycles. The number of ketones is 1. The van der Waals surface area contributed by atoms with E-state index in [0.717, 1.165) is 0 Å². The van der Waals surface area contributed by atoms with Gasteiger partial charge in [-0.2, -0.15) is 8.46 Å². The average Bonchev–Trinajstić information content (AvgIpc) is 2.71. The molecule has 0 fully saturated rings. The number of hydrogen-bond acceptors (Lipinski definition) is 6. The first-order valence-corrected chi connectivity index (χ1v) is 14.5. The summed E-state index contributed by atoms with van der Waals surface area (Å²) < 4.78 is 5.05. The highest BCUT2D eigenvalue weighted by atomic mass is 79.9. The van der Waals surface area contributed by atoms with Gasteiger partial charge in [0, 0.05) is 18.6 Å². The van der Waals surface area contributed by atoms with Gasteiger partial charge in [0.15, 0.2) is 0 Å². The fourth-order valence-corrected chi connectivity index (χ4v) is 4.41. The lowest BCUT2D eigenvalue weighted by molar-refractivity contribution is -0.143. The monoisotopic (exact) mass is 548 g/mol. The van der Waals surface area contributed by atoms with E-state index in [2.05, 4.69) is 25.4 Å². The largest absolute Gasteiger partial charge is 0.481 e. The maximum absolute atomic E-state index is 12.6. The van der Waals surface area contributed by atoms with Gasteiger partial charge in [-0.05, 0) is 45.7 Å². The second-order valence-corrected chi connectivity index (χ2v) is 16.1. The number of nitrogens with one attached hydrogen (secondary N) is 2. The van der Waals surface area contributed by atoms with Crippen molar-refractivity contribution in [1.82, 2.24) is 10.6 Å². The van der Waals surface area contributed by atoms with Crippen molar-refractivity contribution < 1.29 is 38.9 Å². The molecule has 0 saturated heterocycles. The van der Waals surface area contributed by atoms with Gasteiger partial charge in [-0.3, -0.25) is 14.4 Å². The molecular formula is C21H29BrN2O8S. The molecule has 2 atom stereocenters. The molecule has 0 spiro atoms. The number of rotatable bonds is 14. The Morgan fingerprint density at radius 1 is 0.970 bits per heavy atom. The van der Waals surface area contributed by atoms with Crippen LogP contribution >= 0.6 is 23.3 Å². The predicted molar refractivity (Wildman–Crippen MR) is 127 cm³/mol. The highest BCUT2D eigenvalue weighted by molar-refractivity contribution is 9.58. The van der Waals surface area contributed by atoms with Crippen molar-refractivity contribution in [3.8, 4) is 0 Å². The Hall–Kier alpha value is -2.60. The molecule has 1 aromatic rings. The Labute approximate surface area is 201 Å². The Morgan fingerprint density at radius 2 is 1.58 bits per heavy atom. The summed E-state index contributed by atoms with van der Waals surface area (Å²) in [7, 11) is -1.27. The lowest BCUT2D eigenvalue weighted by Gasteiger charge is -2.22. The van der Waals surface area contributed by atoms with Gasteiger partial charge in [0.1, 0.15) is 24.5 Å². The molecule has 0 bridgehead atoms. The molecule has 0 aliphatic carbocycles. The van der Waals surface area contributed by atoms with Gasteiger partial charge in [0.2, 0.25) is 5.91 Å². The van der Waals surface area contributed by atoms with E-state index >= 15 is 0 Å². The number of carboxylic acid groups (broad SMARTS) is 2. The Bertz CT molecular complexity index is 844. The molecule has 10 nitrogen and oxygen atoms in total. The molecule has 0 radical (unpaired) electrons. The summed E-state index contributed by atoms with van der Waals surface area (Å²) in [6, 6.07) is 6.09. The summed E-state index contributed by atoms with van der Waals surface area (Å²) in [5, 5.41) is 22.9. The molecule has 33 heavy (non-hydrogen) atoms. The Kier molecular flexibility index (Phi) is 11.9. The van der Waals surface area contributed by atoms with Gasteiger partial charge >= 0.3 is 18.0 Å². The first-order valence-electron chi connectivity index (χ1n) is 10.0. The fraction of sp³-hybridized carbons (Fsp3) is 0.476. The van der Waals surface area contributed by atoms with Crippen LogP contribution in [0.1, 0.15) is 31.2 Å². The van der Waals surface area contributed by atoms with Gasteiger partial charge in [-0.25, -0.2) is 9.59 Å². The fourth-order valence-electron chi connectivity index (χ4n) is 2.73. The number of carbonyl (C=O) groups excluding carboxylic acids is 3. The van der Waals surface area contributed by atoms with Crippen LogP contribution in [0.15, 0.2) is 30.3 Å². The van der Waals surface area contributed by atoms with Crippen molar-refractivity contribution in [3.05, 3.63) is 35.9 Å². The van der Waals surface area contributed by atoms with E-state index in [1.54, 1.807) is 30.3 Å². The molecule has 1 aromatic carbocycles. The third kappa shape index (κ3) is 12.9. The molecule has 0 aliphatic rings. The second kappa shape index (κ2) is 13.8. The van der Waals surface area contributed by atoms with Crippen LogP contribution in [0.4, 0.5) is 4.79 Å². The number of amides is 2. The molecule has 12 heteroatoms. The Morgan fingerprint density at radius 3 is 2.12 bits per heavy atom. The Balaban J connectivity index is 2.73. The third-order valence-electron chi connectivity index (χ3n) is 4.30. The molecule has 1 rings (SSSR count). The van der Waals surface area contributed by atoms with Crippen LogP contribution in [0.25, 0.3) is 0 Å². The zero-order valence-corrected chi connectivity index (χ0v) is 20.8. The van der Waals surface area contributed by atoms with Crippen molar-refractivity contribution in [3.63, 3.8) is 0 Å². The van der Waals surface area contributed by atoms with E-state index < -0.39 is 50.9 Å². The van der Waals surface area contributed by atoms with Gasteiger partial charge < -0.3 is 25.6 Å². The van der Waals surface area contributed by atoms with E-state index in [9.17, 15) is 29.1 Å². The van der Waals surface area contributed by atoms with Gasteiger partial charge in [-0.1, -0.05) is 30.3 Å². The van der Waals surface area contributed by atoms with E-state index in [1.165, 1.54) is 0 Å². The number of aliphatic carboxylic acids is 2. The lowest BCUT2D eigenvalue weighted by atomic mass is 10.1. The van der Waals surface area contributed by atoms with Crippen molar-refractivity contribution in [2.75, 3.05) is 18.3 Å². The van der Waals surface area contributed by atoms with Crippen LogP contribution < -0.4 is 10.6 Å². The van der Waals surface area contributed by atoms with Crippen LogP contribution in [0.3, 0.4) is 0 Å². The van der Waals surface area contributed by atoms with Gasteiger partial charge in [-0.15, -0.1) is 0 Å². The van der Waals surface area contributed by atoms with Gasteiger partial charge in [0.25, 0.3) is 0 Å². The highest BCUT2D eigenvalue weighted by Crippen LogP contribution is 2.47. The van der Waals surface area contributed by atoms with Crippen LogP contribution in [-0.4, -0.2) is 70.3 Å². The third-order valence-corrected chi connectivity index (χ3v) is 5.99. The minimum Gasteiger partial charge on any atom is -0.481 e. The van der Waals surface area contributed by atoms with Crippen molar-refractivity contribution in [2.45, 2.75) is 44.4 Å². The molecule has 2 amide bonds. The SMILES string of the molecule is CS(C)(Br)CC(=O)CCC(NC(=O)C(CCC(=O)O)NC(=O)OCc1ccccc1)C(=O)O. The van der Waals surface area contributed by atoms with Crippen LogP contribution in [0.2, 0.25) is 0 Å².